The van der Waals surface area contributed by atoms with E-state index in [1.54, 1.807) is 6.26 Å². The minimum absolute atomic E-state index is 0.0476. The molecule has 0 radical (unpaired) electrons. The van der Waals surface area contributed by atoms with Gasteiger partial charge in [0.15, 0.2) is 5.78 Å². The van der Waals surface area contributed by atoms with Crippen molar-refractivity contribution in [3.8, 4) is 0 Å². The maximum Gasteiger partial charge on any atom is 0.416 e. The number of rotatable bonds is 2. The number of benzene rings is 1. The van der Waals surface area contributed by atoms with Crippen LogP contribution in [0.3, 0.4) is 0 Å². The lowest BCUT2D eigenvalue weighted by Crippen LogP contribution is -2.25. The van der Waals surface area contributed by atoms with Crippen molar-refractivity contribution in [3.05, 3.63) is 33.4 Å². The average Bonchev–Trinajstić information content (AvgIpc) is 2.36. The third-order valence-corrected chi connectivity index (χ3v) is 4.71. The first-order chi connectivity index (χ1) is 9.24. The Morgan fingerprint density at radius 1 is 1.45 bits per heavy atom. The summed E-state index contributed by atoms with van der Waals surface area (Å²) in [7, 11) is 0. The molecule has 0 spiro atoms. The molecule has 0 aromatic heterocycles. The van der Waals surface area contributed by atoms with Crippen LogP contribution in [0, 0.1) is 10.1 Å². The standard InChI is InChI=1S/C10H7F3N2O3S2/c1-19-14-4-8(16)6-2-5(10(11,12)13)3-7(15(17)18)9(6)20-14/h2-3H,4H2,1H3. The number of hydrogen-bond donors (Lipinski definition) is 0. The highest BCUT2D eigenvalue weighted by Gasteiger charge is 2.38. The Morgan fingerprint density at radius 3 is 2.60 bits per heavy atom. The van der Waals surface area contributed by atoms with E-state index in [1.807, 2.05) is 0 Å². The van der Waals surface area contributed by atoms with Gasteiger partial charge in [-0.25, -0.2) is 0 Å². The van der Waals surface area contributed by atoms with Gasteiger partial charge in [-0.3, -0.25) is 14.9 Å². The summed E-state index contributed by atoms with van der Waals surface area (Å²) in [6, 6.07) is 1.14. The number of alkyl halides is 3. The zero-order valence-corrected chi connectivity index (χ0v) is 11.6. The van der Waals surface area contributed by atoms with Crippen LogP contribution in [0.2, 0.25) is 0 Å². The Hall–Kier alpha value is -1.26. The summed E-state index contributed by atoms with van der Waals surface area (Å²) in [4.78, 5) is 21.8. The monoisotopic (exact) mass is 324 g/mol. The van der Waals surface area contributed by atoms with Crippen molar-refractivity contribution >= 4 is 35.4 Å². The number of ketones is 1. The molecule has 108 valence electrons. The summed E-state index contributed by atoms with van der Waals surface area (Å²) >= 11 is 2.08. The molecule has 0 atom stereocenters. The minimum Gasteiger partial charge on any atom is -0.293 e. The maximum atomic E-state index is 12.7. The maximum absolute atomic E-state index is 12.7. The molecule has 0 saturated carbocycles. The molecule has 0 aliphatic carbocycles. The molecule has 20 heavy (non-hydrogen) atoms. The van der Waals surface area contributed by atoms with Crippen LogP contribution in [0.5, 0.6) is 0 Å². The Balaban J connectivity index is 2.65. The largest absolute Gasteiger partial charge is 0.416 e. The Labute approximate surface area is 119 Å². The fraction of sp³-hybridized carbons (Fsp3) is 0.300. The number of halogens is 3. The second-order valence-electron chi connectivity index (χ2n) is 3.81. The summed E-state index contributed by atoms with van der Waals surface area (Å²) < 4.78 is 39.6. The molecule has 0 amide bonds. The van der Waals surface area contributed by atoms with Crippen molar-refractivity contribution in [2.45, 2.75) is 11.1 Å². The van der Waals surface area contributed by atoms with Gasteiger partial charge in [0.25, 0.3) is 5.69 Å². The summed E-state index contributed by atoms with van der Waals surface area (Å²) in [5.74, 6) is -0.567. The first-order valence-electron chi connectivity index (χ1n) is 5.16. The minimum atomic E-state index is -4.73. The Morgan fingerprint density at radius 2 is 2.10 bits per heavy atom. The molecule has 1 aliphatic rings. The molecule has 0 bridgehead atoms. The smallest absolute Gasteiger partial charge is 0.293 e. The predicted octanol–water partition coefficient (Wildman–Crippen LogP) is 3.40. The fourth-order valence-corrected chi connectivity index (χ4v) is 3.31. The summed E-state index contributed by atoms with van der Waals surface area (Å²) in [5.41, 5.74) is -2.14. The quantitative estimate of drug-likeness (QED) is 0.472. The van der Waals surface area contributed by atoms with Gasteiger partial charge in [0.1, 0.15) is 4.90 Å². The Bertz CT molecular complexity index is 575. The molecule has 1 aromatic rings. The molecule has 5 nitrogen and oxygen atoms in total. The number of carbonyl (C=O) groups is 1. The normalized spacial score (nSPS) is 16.1. The van der Waals surface area contributed by atoms with Crippen molar-refractivity contribution in [1.29, 1.82) is 0 Å². The van der Waals surface area contributed by atoms with Gasteiger partial charge >= 0.3 is 6.18 Å². The molecule has 0 saturated heterocycles. The van der Waals surface area contributed by atoms with Gasteiger partial charge in [0, 0.05) is 11.6 Å². The molecule has 2 rings (SSSR count). The van der Waals surface area contributed by atoms with Crippen LogP contribution in [0.1, 0.15) is 15.9 Å². The average molecular weight is 324 g/mol. The zero-order valence-electron chi connectivity index (χ0n) is 9.93. The van der Waals surface area contributed by atoms with E-state index in [2.05, 4.69) is 0 Å². The number of hydrogen-bond acceptors (Lipinski definition) is 6. The molecule has 1 heterocycles. The lowest BCUT2D eigenvalue weighted by molar-refractivity contribution is -0.388. The predicted molar refractivity (Wildman–Crippen MR) is 68.5 cm³/mol. The summed E-state index contributed by atoms with van der Waals surface area (Å²) in [6.45, 7) is -0.0999. The number of nitro groups is 1. The van der Waals surface area contributed by atoms with Crippen LogP contribution in [0.4, 0.5) is 18.9 Å². The van der Waals surface area contributed by atoms with E-state index in [4.69, 9.17) is 0 Å². The highest BCUT2D eigenvalue weighted by Crippen LogP contribution is 2.44. The van der Waals surface area contributed by atoms with Crippen LogP contribution in [-0.4, -0.2) is 27.2 Å². The zero-order chi connectivity index (χ0) is 15.1. The van der Waals surface area contributed by atoms with Gasteiger partial charge in [-0.2, -0.15) is 16.9 Å². The van der Waals surface area contributed by atoms with Gasteiger partial charge in [-0.15, -0.1) is 0 Å². The van der Waals surface area contributed by atoms with E-state index in [0.29, 0.717) is 12.1 Å². The van der Waals surface area contributed by atoms with Crippen LogP contribution in [0.25, 0.3) is 0 Å². The fourth-order valence-electron chi connectivity index (χ4n) is 1.65. The van der Waals surface area contributed by atoms with E-state index in [9.17, 15) is 28.1 Å². The second-order valence-corrected chi connectivity index (χ2v) is 5.88. The first kappa shape index (κ1) is 15.1. The van der Waals surface area contributed by atoms with Crippen molar-refractivity contribution in [1.82, 2.24) is 3.71 Å². The van der Waals surface area contributed by atoms with E-state index in [-0.39, 0.29) is 17.0 Å². The van der Waals surface area contributed by atoms with Gasteiger partial charge < -0.3 is 0 Å². The Kier molecular flexibility index (Phi) is 3.98. The van der Waals surface area contributed by atoms with Crippen LogP contribution < -0.4 is 0 Å². The van der Waals surface area contributed by atoms with E-state index >= 15 is 0 Å². The third-order valence-electron chi connectivity index (χ3n) is 2.56. The first-order valence-corrected chi connectivity index (χ1v) is 7.12. The van der Waals surface area contributed by atoms with E-state index < -0.39 is 28.1 Å². The van der Waals surface area contributed by atoms with Crippen molar-refractivity contribution in [2.75, 3.05) is 12.8 Å². The number of fused-ring (bicyclic) bond motifs is 1. The highest BCUT2D eigenvalue weighted by molar-refractivity contribution is 8.11. The molecule has 0 fully saturated rings. The SMILES string of the molecule is CSN1CC(=O)c2cc(C(F)(F)F)cc([N+](=O)[O-])c2S1. The van der Waals surface area contributed by atoms with Gasteiger partial charge in [-0.05, 0) is 24.3 Å². The highest BCUT2D eigenvalue weighted by atomic mass is 32.2. The molecule has 0 unspecified atom stereocenters. The van der Waals surface area contributed by atoms with Crippen LogP contribution in [0.15, 0.2) is 17.0 Å². The number of carbonyl (C=O) groups excluding carboxylic acids is 1. The molecular weight excluding hydrogens is 317 g/mol. The van der Waals surface area contributed by atoms with Crippen LogP contribution >= 0.6 is 23.9 Å². The topological polar surface area (TPSA) is 63.5 Å². The van der Waals surface area contributed by atoms with Crippen molar-refractivity contribution < 1.29 is 22.9 Å². The lowest BCUT2D eigenvalue weighted by atomic mass is 10.0. The van der Waals surface area contributed by atoms with E-state index in [0.717, 1.165) is 11.9 Å². The number of nitrogens with zero attached hydrogens (tertiary/aromatic N) is 2. The molecule has 1 aliphatic heterocycles. The summed E-state index contributed by atoms with van der Waals surface area (Å²) in [6.07, 6.45) is -3.07. The third kappa shape index (κ3) is 2.76. The summed E-state index contributed by atoms with van der Waals surface area (Å²) in [5, 5.41) is 10.9. The number of Topliss-reactive ketones (excluding diaryl/α,β-unsaturated/α-hetero) is 1. The number of nitro benzene ring substituents is 1. The lowest BCUT2D eigenvalue weighted by Gasteiger charge is -2.24. The van der Waals surface area contributed by atoms with Gasteiger partial charge in [0.2, 0.25) is 0 Å². The van der Waals surface area contributed by atoms with Crippen LogP contribution in [-0.2, 0) is 6.18 Å². The molecular formula is C10H7F3N2O3S2. The molecule has 1 aromatic carbocycles. The van der Waals surface area contributed by atoms with Crippen molar-refractivity contribution in [2.24, 2.45) is 0 Å². The second kappa shape index (κ2) is 5.26. The van der Waals surface area contributed by atoms with Crippen molar-refractivity contribution in [3.63, 3.8) is 0 Å². The van der Waals surface area contributed by atoms with Gasteiger partial charge in [-0.1, -0.05) is 11.9 Å². The molecule has 0 N–H and O–H groups in total. The van der Waals surface area contributed by atoms with Gasteiger partial charge in [0.05, 0.1) is 17.0 Å². The molecule has 10 heteroatoms. The van der Waals surface area contributed by atoms with E-state index in [1.165, 1.54) is 15.7 Å².